The molecule has 160 valence electrons. The van der Waals surface area contributed by atoms with Gasteiger partial charge >= 0.3 is 0 Å². The van der Waals surface area contributed by atoms with Gasteiger partial charge in [-0.25, -0.2) is 4.99 Å². The van der Waals surface area contributed by atoms with Crippen LogP contribution in [0, 0.1) is 0 Å². The third kappa shape index (κ3) is 5.32. The molecule has 0 spiro atoms. The number of carbonyl (C=O) groups excluding carboxylic acids is 3. The predicted molar refractivity (Wildman–Crippen MR) is 117 cm³/mol. The molecule has 2 amide bonds. The molecule has 1 fully saturated rings. The number of rotatable bonds is 8. The van der Waals surface area contributed by atoms with Crippen molar-refractivity contribution >= 4 is 46.1 Å². The number of aromatic carboxylic acids is 1. The summed E-state index contributed by atoms with van der Waals surface area (Å²) in [6, 6.07) is 12.8. The standard InChI is InChI=1S/C22H21N3O5S/c1-3-12-25-20(27)18(31-22(25)24-16-6-4-5-7-17(16)30-2)13-19(26)23-15-10-8-14(9-11-15)21(28)29/h3-11,18H,1,12-13H2,2H3,(H,23,26)(H,28,29)/p-1/t18-/m0/s1. The first-order valence-electron chi connectivity index (χ1n) is 9.35. The smallest absolute Gasteiger partial charge is 0.242 e. The number of amides is 2. The SMILES string of the molecule is C=CCN1C(=O)[C@H](CC(=O)Nc2ccc(C(=O)[O-])cc2)SC1=Nc1ccccc1OC. The molecular formula is C22H20N3O5S-. The lowest BCUT2D eigenvalue weighted by molar-refractivity contribution is -0.255. The van der Waals surface area contributed by atoms with Crippen LogP contribution < -0.4 is 15.2 Å². The van der Waals surface area contributed by atoms with E-state index in [-0.39, 0.29) is 30.3 Å². The number of benzene rings is 2. The number of hydrogen-bond donors (Lipinski definition) is 1. The van der Waals surface area contributed by atoms with E-state index >= 15 is 0 Å². The molecule has 9 heteroatoms. The van der Waals surface area contributed by atoms with Gasteiger partial charge in [-0.15, -0.1) is 6.58 Å². The molecule has 1 aliphatic rings. The fourth-order valence-electron chi connectivity index (χ4n) is 2.92. The average molecular weight is 438 g/mol. The number of aliphatic imine (C=N–C) groups is 1. The minimum absolute atomic E-state index is 0.0109. The molecule has 0 aromatic heterocycles. The second-order valence-corrected chi connectivity index (χ2v) is 7.70. The van der Waals surface area contributed by atoms with E-state index < -0.39 is 11.2 Å². The second-order valence-electron chi connectivity index (χ2n) is 6.53. The first-order chi connectivity index (χ1) is 14.9. The van der Waals surface area contributed by atoms with E-state index in [1.54, 1.807) is 25.3 Å². The Kier molecular flexibility index (Phi) is 7.09. The molecule has 0 unspecified atom stereocenters. The Balaban J connectivity index is 1.73. The fraction of sp³-hybridized carbons (Fsp3) is 0.182. The second kappa shape index (κ2) is 9.94. The molecule has 0 bridgehead atoms. The Hall–Kier alpha value is -3.59. The molecule has 3 rings (SSSR count). The van der Waals surface area contributed by atoms with Crippen LogP contribution in [-0.2, 0) is 9.59 Å². The summed E-state index contributed by atoms with van der Waals surface area (Å²) in [6.45, 7) is 3.95. The maximum Gasteiger partial charge on any atom is 0.242 e. The number of amidine groups is 1. The van der Waals surface area contributed by atoms with Crippen molar-refractivity contribution in [1.29, 1.82) is 0 Å². The molecular weight excluding hydrogens is 418 g/mol. The van der Waals surface area contributed by atoms with Gasteiger partial charge in [0.05, 0.1) is 13.1 Å². The van der Waals surface area contributed by atoms with Gasteiger partial charge in [0.2, 0.25) is 11.8 Å². The molecule has 1 aliphatic heterocycles. The minimum Gasteiger partial charge on any atom is -0.545 e. The summed E-state index contributed by atoms with van der Waals surface area (Å²) >= 11 is 1.20. The maximum atomic E-state index is 12.9. The van der Waals surface area contributed by atoms with E-state index in [0.717, 1.165) is 0 Å². The number of methoxy groups -OCH3 is 1. The van der Waals surface area contributed by atoms with Crippen molar-refractivity contribution in [2.75, 3.05) is 19.0 Å². The molecule has 1 saturated heterocycles. The first kappa shape index (κ1) is 22.1. The Labute approximate surface area is 183 Å². The number of carbonyl (C=O) groups is 3. The van der Waals surface area contributed by atoms with Crippen molar-refractivity contribution in [2.24, 2.45) is 4.99 Å². The zero-order valence-corrected chi connectivity index (χ0v) is 17.6. The zero-order valence-electron chi connectivity index (χ0n) is 16.7. The van der Waals surface area contributed by atoms with Crippen LogP contribution >= 0.6 is 11.8 Å². The van der Waals surface area contributed by atoms with Crippen LogP contribution in [0.4, 0.5) is 11.4 Å². The maximum absolute atomic E-state index is 12.9. The Bertz CT molecular complexity index is 1040. The zero-order chi connectivity index (χ0) is 22.4. The highest BCUT2D eigenvalue weighted by Crippen LogP contribution is 2.34. The fourth-order valence-corrected chi connectivity index (χ4v) is 4.08. The van der Waals surface area contributed by atoms with Crippen molar-refractivity contribution < 1.29 is 24.2 Å². The largest absolute Gasteiger partial charge is 0.545 e. The monoisotopic (exact) mass is 438 g/mol. The van der Waals surface area contributed by atoms with E-state index in [0.29, 0.717) is 22.3 Å². The number of anilines is 1. The summed E-state index contributed by atoms with van der Waals surface area (Å²) in [5.74, 6) is -1.33. The number of para-hydroxylation sites is 2. The summed E-state index contributed by atoms with van der Waals surface area (Å²) < 4.78 is 5.31. The first-order valence-corrected chi connectivity index (χ1v) is 10.2. The van der Waals surface area contributed by atoms with Crippen molar-refractivity contribution in [3.05, 3.63) is 66.7 Å². The number of nitrogens with zero attached hydrogens (tertiary/aromatic N) is 2. The van der Waals surface area contributed by atoms with Crippen molar-refractivity contribution in [3.63, 3.8) is 0 Å². The highest BCUT2D eigenvalue weighted by atomic mass is 32.2. The number of hydrogen-bond acceptors (Lipinski definition) is 7. The summed E-state index contributed by atoms with van der Waals surface area (Å²) in [4.78, 5) is 42.2. The molecule has 0 saturated carbocycles. The summed E-state index contributed by atoms with van der Waals surface area (Å²) in [6.07, 6.45) is 1.53. The number of carboxylic acid groups (broad SMARTS) is 1. The van der Waals surface area contributed by atoms with Gasteiger partial charge in [0.15, 0.2) is 5.17 Å². The highest BCUT2D eigenvalue weighted by molar-refractivity contribution is 8.15. The van der Waals surface area contributed by atoms with Crippen molar-refractivity contribution in [3.8, 4) is 5.75 Å². The molecule has 2 aromatic rings. The van der Waals surface area contributed by atoms with Crippen molar-refractivity contribution in [2.45, 2.75) is 11.7 Å². The quantitative estimate of drug-likeness (QED) is 0.633. The Morgan fingerprint density at radius 2 is 1.97 bits per heavy atom. The number of nitrogens with one attached hydrogen (secondary N) is 1. The van der Waals surface area contributed by atoms with Crippen LogP contribution in [0.2, 0.25) is 0 Å². The van der Waals surface area contributed by atoms with E-state index in [4.69, 9.17) is 4.74 Å². The average Bonchev–Trinajstić information content (AvgIpc) is 3.03. The van der Waals surface area contributed by atoms with Crippen molar-refractivity contribution in [1.82, 2.24) is 4.90 Å². The normalized spacial score (nSPS) is 16.9. The minimum atomic E-state index is -1.30. The lowest BCUT2D eigenvalue weighted by Crippen LogP contribution is -2.33. The highest BCUT2D eigenvalue weighted by Gasteiger charge is 2.38. The van der Waals surface area contributed by atoms with Crippen LogP contribution in [0.15, 0.2) is 66.2 Å². The topological polar surface area (TPSA) is 111 Å². The van der Waals surface area contributed by atoms with Gasteiger partial charge in [-0.1, -0.05) is 42.1 Å². The summed E-state index contributed by atoms with van der Waals surface area (Å²) in [7, 11) is 1.54. The number of carboxylic acids is 1. The molecule has 1 N–H and O–H groups in total. The van der Waals surface area contributed by atoms with Gasteiger partial charge in [-0.2, -0.15) is 0 Å². The van der Waals surface area contributed by atoms with Crippen LogP contribution in [0.1, 0.15) is 16.8 Å². The molecule has 1 atom stereocenters. The molecule has 31 heavy (non-hydrogen) atoms. The number of thioether (sulfide) groups is 1. The third-order valence-corrected chi connectivity index (χ3v) is 5.58. The third-order valence-electron chi connectivity index (χ3n) is 4.41. The number of ether oxygens (including phenoxy) is 1. The van der Waals surface area contributed by atoms with E-state index in [9.17, 15) is 19.5 Å². The Morgan fingerprint density at radius 3 is 2.61 bits per heavy atom. The van der Waals surface area contributed by atoms with E-state index in [2.05, 4.69) is 16.9 Å². The summed E-state index contributed by atoms with van der Waals surface area (Å²) in [5, 5.41) is 13.3. The molecule has 0 aliphatic carbocycles. The van der Waals surface area contributed by atoms with Crippen LogP contribution in [0.3, 0.4) is 0 Å². The Morgan fingerprint density at radius 1 is 1.26 bits per heavy atom. The van der Waals surface area contributed by atoms with E-state index in [1.807, 2.05) is 12.1 Å². The lowest BCUT2D eigenvalue weighted by atomic mass is 10.2. The molecule has 1 heterocycles. The lowest BCUT2D eigenvalue weighted by Gasteiger charge is -2.14. The predicted octanol–water partition coefficient (Wildman–Crippen LogP) is 2.21. The van der Waals surface area contributed by atoms with Gasteiger partial charge < -0.3 is 20.0 Å². The molecule has 0 radical (unpaired) electrons. The summed E-state index contributed by atoms with van der Waals surface area (Å²) in [5.41, 5.74) is 1.01. The van der Waals surface area contributed by atoms with Gasteiger partial charge in [0.25, 0.3) is 0 Å². The van der Waals surface area contributed by atoms with Gasteiger partial charge in [-0.05, 0) is 29.8 Å². The van der Waals surface area contributed by atoms with Crippen LogP contribution in [0.5, 0.6) is 5.75 Å². The van der Waals surface area contributed by atoms with Gasteiger partial charge in [0.1, 0.15) is 16.7 Å². The van der Waals surface area contributed by atoms with Gasteiger partial charge in [-0.3, -0.25) is 14.5 Å². The van der Waals surface area contributed by atoms with Crippen LogP contribution in [-0.4, -0.2) is 46.8 Å². The molecule has 8 nitrogen and oxygen atoms in total. The van der Waals surface area contributed by atoms with E-state index in [1.165, 1.54) is 40.9 Å². The van der Waals surface area contributed by atoms with Crippen LogP contribution in [0.25, 0.3) is 0 Å². The molecule has 2 aromatic carbocycles. The van der Waals surface area contributed by atoms with Gasteiger partial charge in [0, 0.05) is 18.7 Å².